The van der Waals surface area contributed by atoms with Gasteiger partial charge in [0.2, 0.25) is 0 Å². The Bertz CT molecular complexity index is 181. The van der Waals surface area contributed by atoms with Gasteiger partial charge in [0.25, 0.3) is 0 Å². The Labute approximate surface area is 59.4 Å². The van der Waals surface area contributed by atoms with Gasteiger partial charge >= 0.3 is 0 Å². The minimum atomic E-state index is 0.683. The van der Waals surface area contributed by atoms with Crippen molar-refractivity contribution in [3.05, 3.63) is 29.8 Å². The van der Waals surface area contributed by atoms with Crippen molar-refractivity contribution in [1.29, 1.82) is 0 Å². The van der Waals surface area contributed by atoms with Gasteiger partial charge in [-0.3, -0.25) is 0 Å². The first kappa shape index (κ1) is 6.43. The van der Waals surface area contributed by atoms with E-state index in [9.17, 15) is 0 Å². The Morgan fingerprint density at radius 1 is 1.22 bits per heavy atom. The molecular formula is C7H7ClO. The van der Waals surface area contributed by atoms with Gasteiger partial charge in [0.15, 0.2) is 0 Å². The van der Waals surface area contributed by atoms with Crippen molar-refractivity contribution < 1.29 is 4.29 Å². The third kappa shape index (κ3) is 1.61. The molecule has 0 atom stereocenters. The molecule has 0 aliphatic carbocycles. The van der Waals surface area contributed by atoms with E-state index in [1.54, 1.807) is 0 Å². The minimum Gasteiger partial charge on any atom is -0.386 e. The molecule has 1 nitrogen and oxygen atoms in total. The molecule has 2 heteroatoms. The number of hydrogen-bond donors (Lipinski definition) is 0. The van der Waals surface area contributed by atoms with Gasteiger partial charge in [-0.25, -0.2) is 0 Å². The van der Waals surface area contributed by atoms with Gasteiger partial charge in [0, 0.05) is 0 Å². The maximum atomic E-state index is 5.08. The fraction of sp³-hybridized carbons (Fsp3) is 0.143. The van der Waals surface area contributed by atoms with E-state index in [0.29, 0.717) is 5.75 Å². The predicted octanol–water partition coefficient (Wildman–Crippen LogP) is 2.53. The Kier molecular flexibility index (Phi) is 1.96. The van der Waals surface area contributed by atoms with Crippen LogP contribution in [0, 0.1) is 6.92 Å². The van der Waals surface area contributed by atoms with Gasteiger partial charge in [-0.15, -0.1) is 0 Å². The second-order valence-electron chi connectivity index (χ2n) is 1.89. The van der Waals surface area contributed by atoms with Gasteiger partial charge < -0.3 is 4.29 Å². The number of hydrogen-bond acceptors (Lipinski definition) is 1. The van der Waals surface area contributed by atoms with Gasteiger partial charge in [-0.2, -0.15) is 0 Å². The Morgan fingerprint density at radius 2 is 1.78 bits per heavy atom. The molecule has 0 spiro atoms. The average Bonchev–Trinajstić information content (AvgIpc) is 1.90. The summed E-state index contributed by atoms with van der Waals surface area (Å²) in [7, 11) is 0. The molecule has 1 aromatic rings. The maximum absolute atomic E-state index is 5.08. The van der Waals surface area contributed by atoms with Crippen LogP contribution in [0.5, 0.6) is 5.75 Å². The highest BCUT2D eigenvalue weighted by atomic mass is 35.5. The normalized spacial score (nSPS) is 9.11. The monoisotopic (exact) mass is 142 g/mol. The van der Waals surface area contributed by atoms with Crippen LogP contribution in [-0.2, 0) is 0 Å². The highest BCUT2D eigenvalue weighted by Gasteiger charge is 1.87. The Morgan fingerprint density at radius 3 is 2.22 bits per heavy atom. The molecule has 1 aromatic carbocycles. The van der Waals surface area contributed by atoms with E-state index in [-0.39, 0.29) is 0 Å². The second-order valence-corrected chi connectivity index (χ2v) is 2.04. The first-order chi connectivity index (χ1) is 4.33. The van der Waals surface area contributed by atoms with Crippen molar-refractivity contribution in [2.75, 3.05) is 0 Å². The summed E-state index contributed by atoms with van der Waals surface area (Å²) >= 11 is 5.08. The molecule has 0 heterocycles. The number of aryl methyl sites for hydroxylation is 1. The van der Waals surface area contributed by atoms with Gasteiger partial charge in [-0.1, -0.05) is 17.7 Å². The van der Waals surface area contributed by atoms with Crippen LogP contribution >= 0.6 is 11.9 Å². The lowest BCUT2D eigenvalue weighted by Crippen LogP contribution is -1.73. The molecule has 0 fully saturated rings. The number of rotatable bonds is 1. The Hall–Kier alpha value is -0.690. The summed E-state index contributed by atoms with van der Waals surface area (Å²) in [5.74, 6) is 0.683. The van der Waals surface area contributed by atoms with Crippen molar-refractivity contribution in [2.24, 2.45) is 0 Å². The van der Waals surface area contributed by atoms with E-state index in [0.717, 1.165) is 0 Å². The lowest BCUT2D eigenvalue weighted by atomic mass is 10.2. The molecule has 0 saturated carbocycles. The molecule has 0 amide bonds. The second kappa shape index (κ2) is 2.74. The van der Waals surface area contributed by atoms with Crippen molar-refractivity contribution in [3.8, 4) is 5.75 Å². The van der Waals surface area contributed by atoms with E-state index in [2.05, 4.69) is 4.29 Å². The lowest BCUT2D eigenvalue weighted by Gasteiger charge is -1.93. The van der Waals surface area contributed by atoms with Crippen LogP contribution < -0.4 is 4.29 Å². The summed E-state index contributed by atoms with van der Waals surface area (Å²) in [5, 5.41) is 0. The molecule has 0 radical (unpaired) electrons. The summed E-state index contributed by atoms with van der Waals surface area (Å²) in [6.45, 7) is 2.01. The topological polar surface area (TPSA) is 9.23 Å². The highest BCUT2D eigenvalue weighted by Crippen LogP contribution is 2.11. The largest absolute Gasteiger partial charge is 0.386 e. The molecule has 0 unspecified atom stereocenters. The summed E-state index contributed by atoms with van der Waals surface area (Å²) in [4.78, 5) is 0. The summed E-state index contributed by atoms with van der Waals surface area (Å²) in [6.07, 6.45) is 0. The van der Waals surface area contributed by atoms with E-state index in [1.807, 2.05) is 31.2 Å². The third-order valence-corrected chi connectivity index (χ3v) is 1.29. The SMILES string of the molecule is Cc1ccc(OCl)cc1. The molecule has 0 aliphatic rings. The van der Waals surface area contributed by atoms with E-state index in [1.165, 1.54) is 5.56 Å². The molecule has 0 aliphatic heterocycles. The zero-order valence-corrected chi connectivity index (χ0v) is 5.85. The summed E-state index contributed by atoms with van der Waals surface area (Å²) in [5.41, 5.74) is 1.20. The molecule has 1 rings (SSSR count). The van der Waals surface area contributed by atoms with Crippen LogP contribution in [0.4, 0.5) is 0 Å². The van der Waals surface area contributed by atoms with Crippen LogP contribution in [0.25, 0.3) is 0 Å². The van der Waals surface area contributed by atoms with Gasteiger partial charge in [0.1, 0.15) is 17.6 Å². The van der Waals surface area contributed by atoms with E-state index in [4.69, 9.17) is 11.9 Å². The lowest BCUT2D eigenvalue weighted by molar-refractivity contribution is 0.619. The maximum Gasteiger partial charge on any atom is 0.146 e. The van der Waals surface area contributed by atoms with Crippen LogP contribution in [-0.4, -0.2) is 0 Å². The summed E-state index contributed by atoms with van der Waals surface area (Å²) < 4.78 is 4.44. The smallest absolute Gasteiger partial charge is 0.146 e. The summed E-state index contributed by atoms with van der Waals surface area (Å²) in [6, 6.07) is 7.53. The number of halogens is 1. The van der Waals surface area contributed by atoms with Gasteiger partial charge in [0.05, 0.1) is 0 Å². The van der Waals surface area contributed by atoms with Crippen LogP contribution in [0.15, 0.2) is 24.3 Å². The fourth-order valence-corrected chi connectivity index (χ4v) is 0.693. The molecule has 48 valence electrons. The molecule has 0 bridgehead atoms. The minimum absolute atomic E-state index is 0.683. The molecule has 0 N–H and O–H groups in total. The zero-order valence-electron chi connectivity index (χ0n) is 5.10. The standard InChI is InChI=1S/C7H7ClO/c1-6-2-4-7(9-8)5-3-6/h2-5H,1H3. The quantitative estimate of drug-likeness (QED) is 0.586. The molecule has 0 aromatic heterocycles. The molecule has 9 heavy (non-hydrogen) atoms. The zero-order chi connectivity index (χ0) is 6.69. The van der Waals surface area contributed by atoms with Crippen molar-refractivity contribution in [3.63, 3.8) is 0 Å². The predicted molar refractivity (Wildman–Crippen MR) is 37.7 cm³/mol. The fourth-order valence-electron chi connectivity index (χ4n) is 0.590. The van der Waals surface area contributed by atoms with E-state index < -0.39 is 0 Å². The molecular weight excluding hydrogens is 136 g/mol. The Balaban J connectivity index is 2.88. The first-order valence-electron chi connectivity index (χ1n) is 2.68. The first-order valence-corrected chi connectivity index (χ1v) is 2.99. The highest BCUT2D eigenvalue weighted by molar-refractivity contribution is 6.09. The molecule has 0 saturated heterocycles. The van der Waals surface area contributed by atoms with Crippen molar-refractivity contribution in [2.45, 2.75) is 6.92 Å². The van der Waals surface area contributed by atoms with Crippen LogP contribution in [0.2, 0.25) is 0 Å². The van der Waals surface area contributed by atoms with Gasteiger partial charge in [-0.05, 0) is 19.1 Å². The van der Waals surface area contributed by atoms with Crippen molar-refractivity contribution >= 4 is 11.9 Å². The van der Waals surface area contributed by atoms with Crippen molar-refractivity contribution in [1.82, 2.24) is 0 Å². The van der Waals surface area contributed by atoms with Crippen LogP contribution in [0.1, 0.15) is 5.56 Å². The van der Waals surface area contributed by atoms with E-state index >= 15 is 0 Å². The van der Waals surface area contributed by atoms with Crippen LogP contribution in [0.3, 0.4) is 0 Å². The third-order valence-electron chi connectivity index (χ3n) is 1.11. The number of benzene rings is 1. The average molecular weight is 143 g/mol.